The minimum atomic E-state index is 0.684. The van der Waals surface area contributed by atoms with Crippen LogP contribution in [0.25, 0.3) is 0 Å². The molecule has 0 amide bonds. The van der Waals surface area contributed by atoms with E-state index in [9.17, 15) is 0 Å². The molecule has 1 saturated heterocycles. The predicted octanol–water partition coefficient (Wildman–Crippen LogP) is 2.51. The molecule has 3 rings (SSSR count). The van der Waals surface area contributed by atoms with Gasteiger partial charge in [0, 0.05) is 26.2 Å². The first-order valence-corrected chi connectivity index (χ1v) is 8.34. The van der Waals surface area contributed by atoms with E-state index in [0.29, 0.717) is 5.95 Å². The molecule has 1 aliphatic heterocycles. The monoisotopic (exact) mass is 290 g/mol. The van der Waals surface area contributed by atoms with Crippen molar-refractivity contribution in [2.45, 2.75) is 45.4 Å². The van der Waals surface area contributed by atoms with E-state index in [0.717, 1.165) is 44.0 Å². The molecule has 1 aromatic rings. The summed E-state index contributed by atoms with van der Waals surface area (Å²) in [6.07, 6.45) is 7.85. The van der Waals surface area contributed by atoms with Gasteiger partial charge in [0.15, 0.2) is 0 Å². The fourth-order valence-corrected chi connectivity index (χ4v) is 3.19. The molecule has 116 valence electrons. The van der Waals surface area contributed by atoms with Crippen LogP contribution in [-0.4, -0.2) is 41.1 Å². The van der Waals surface area contributed by atoms with Crippen LogP contribution in [0.3, 0.4) is 0 Å². The molecule has 2 heterocycles. The Bertz CT molecular complexity index is 451. The van der Waals surface area contributed by atoms with E-state index in [4.69, 9.17) is 0 Å². The van der Waals surface area contributed by atoms with Crippen LogP contribution in [0.5, 0.6) is 0 Å². The molecule has 21 heavy (non-hydrogen) atoms. The standard InChI is InChI=1S/C15H26N6/c1-2-16-13-18-14(17-11-12-7-3-4-8-12)20-15(19-13)21-9-5-6-10-21/h12H,2-11H2,1H3,(H2,16,17,18,19,20). The highest BCUT2D eigenvalue weighted by atomic mass is 15.3. The topological polar surface area (TPSA) is 66.0 Å². The second kappa shape index (κ2) is 6.91. The molecule has 0 unspecified atom stereocenters. The zero-order valence-electron chi connectivity index (χ0n) is 12.9. The summed E-state index contributed by atoms with van der Waals surface area (Å²) in [6.45, 7) is 5.97. The third-order valence-electron chi connectivity index (χ3n) is 4.37. The fourth-order valence-electron chi connectivity index (χ4n) is 3.19. The first kappa shape index (κ1) is 14.4. The first-order valence-electron chi connectivity index (χ1n) is 8.34. The number of nitrogens with one attached hydrogen (secondary N) is 2. The van der Waals surface area contributed by atoms with E-state index >= 15 is 0 Å². The zero-order chi connectivity index (χ0) is 14.5. The summed E-state index contributed by atoms with van der Waals surface area (Å²) in [5.74, 6) is 2.99. The average molecular weight is 290 g/mol. The Kier molecular flexibility index (Phi) is 4.72. The summed E-state index contributed by atoms with van der Waals surface area (Å²) < 4.78 is 0. The van der Waals surface area contributed by atoms with Crippen LogP contribution >= 0.6 is 0 Å². The number of hydrogen-bond donors (Lipinski definition) is 2. The summed E-state index contributed by atoms with van der Waals surface area (Å²) in [4.78, 5) is 15.9. The van der Waals surface area contributed by atoms with Gasteiger partial charge in [0.2, 0.25) is 17.8 Å². The summed E-state index contributed by atoms with van der Waals surface area (Å²) in [7, 11) is 0. The molecule has 1 aliphatic carbocycles. The number of rotatable bonds is 6. The molecule has 2 fully saturated rings. The zero-order valence-corrected chi connectivity index (χ0v) is 12.9. The normalized spacial score (nSPS) is 19.2. The summed E-state index contributed by atoms with van der Waals surface area (Å²) in [6, 6.07) is 0. The molecule has 6 nitrogen and oxygen atoms in total. The van der Waals surface area contributed by atoms with E-state index in [1.165, 1.54) is 38.5 Å². The molecular weight excluding hydrogens is 264 g/mol. The Balaban J connectivity index is 1.70. The maximum absolute atomic E-state index is 4.61. The minimum absolute atomic E-state index is 0.684. The van der Waals surface area contributed by atoms with Crippen LogP contribution in [0.15, 0.2) is 0 Å². The SMILES string of the molecule is CCNc1nc(NCC2CCCC2)nc(N2CCCC2)n1. The maximum atomic E-state index is 4.61. The fraction of sp³-hybridized carbons (Fsp3) is 0.800. The lowest BCUT2D eigenvalue weighted by atomic mass is 10.1. The molecule has 0 aromatic carbocycles. The van der Waals surface area contributed by atoms with Crippen molar-refractivity contribution in [1.29, 1.82) is 0 Å². The van der Waals surface area contributed by atoms with Gasteiger partial charge in [-0.25, -0.2) is 0 Å². The van der Waals surface area contributed by atoms with E-state index in [1.807, 2.05) is 0 Å². The smallest absolute Gasteiger partial charge is 0.231 e. The Morgan fingerprint density at radius 3 is 2.29 bits per heavy atom. The molecule has 0 bridgehead atoms. The van der Waals surface area contributed by atoms with Gasteiger partial charge >= 0.3 is 0 Å². The van der Waals surface area contributed by atoms with Crippen LogP contribution in [0, 0.1) is 5.92 Å². The highest BCUT2D eigenvalue weighted by molar-refractivity contribution is 5.44. The third-order valence-corrected chi connectivity index (χ3v) is 4.37. The highest BCUT2D eigenvalue weighted by Crippen LogP contribution is 2.25. The van der Waals surface area contributed by atoms with Crippen molar-refractivity contribution in [3.63, 3.8) is 0 Å². The number of aromatic nitrogens is 3. The molecular formula is C15H26N6. The van der Waals surface area contributed by atoms with Gasteiger partial charge in [-0.1, -0.05) is 12.8 Å². The Morgan fingerprint density at radius 2 is 1.62 bits per heavy atom. The van der Waals surface area contributed by atoms with Gasteiger partial charge in [-0.15, -0.1) is 0 Å². The molecule has 0 radical (unpaired) electrons. The van der Waals surface area contributed by atoms with Gasteiger partial charge in [-0.05, 0) is 38.5 Å². The van der Waals surface area contributed by atoms with Gasteiger partial charge in [0.25, 0.3) is 0 Å². The average Bonchev–Trinajstić information content (AvgIpc) is 3.19. The Morgan fingerprint density at radius 1 is 0.952 bits per heavy atom. The van der Waals surface area contributed by atoms with E-state index in [1.54, 1.807) is 0 Å². The molecule has 2 N–H and O–H groups in total. The van der Waals surface area contributed by atoms with Crippen LogP contribution < -0.4 is 15.5 Å². The van der Waals surface area contributed by atoms with E-state index in [2.05, 4.69) is 37.4 Å². The molecule has 1 saturated carbocycles. The summed E-state index contributed by atoms with van der Waals surface area (Å²) in [5, 5.41) is 6.63. The van der Waals surface area contributed by atoms with Gasteiger partial charge in [-0.3, -0.25) is 0 Å². The lowest BCUT2D eigenvalue weighted by molar-refractivity contribution is 0.577. The van der Waals surface area contributed by atoms with Crippen LogP contribution in [0.2, 0.25) is 0 Å². The second-order valence-corrected chi connectivity index (χ2v) is 6.04. The predicted molar refractivity (Wildman–Crippen MR) is 85.9 cm³/mol. The summed E-state index contributed by atoms with van der Waals surface area (Å²) in [5.41, 5.74) is 0. The van der Waals surface area contributed by atoms with Crippen molar-refractivity contribution in [2.75, 3.05) is 41.7 Å². The van der Waals surface area contributed by atoms with E-state index in [-0.39, 0.29) is 0 Å². The lowest BCUT2D eigenvalue weighted by Gasteiger charge is -2.17. The molecule has 0 spiro atoms. The van der Waals surface area contributed by atoms with Crippen LogP contribution in [0.1, 0.15) is 45.4 Å². The van der Waals surface area contributed by atoms with Gasteiger partial charge in [0.1, 0.15) is 0 Å². The Labute approximate surface area is 126 Å². The molecule has 6 heteroatoms. The van der Waals surface area contributed by atoms with Crippen molar-refractivity contribution in [3.8, 4) is 0 Å². The first-order chi connectivity index (χ1) is 10.3. The largest absolute Gasteiger partial charge is 0.354 e. The van der Waals surface area contributed by atoms with Crippen molar-refractivity contribution in [1.82, 2.24) is 15.0 Å². The minimum Gasteiger partial charge on any atom is -0.354 e. The molecule has 1 aromatic heterocycles. The van der Waals surface area contributed by atoms with E-state index < -0.39 is 0 Å². The van der Waals surface area contributed by atoms with Crippen LogP contribution in [-0.2, 0) is 0 Å². The highest BCUT2D eigenvalue weighted by Gasteiger charge is 2.18. The van der Waals surface area contributed by atoms with Gasteiger partial charge in [-0.2, -0.15) is 15.0 Å². The van der Waals surface area contributed by atoms with Crippen molar-refractivity contribution in [3.05, 3.63) is 0 Å². The van der Waals surface area contributed by atoms with Crippen molar-refractivity contribution in [2.24, 2.45) is 5.92 Å². The van der Waals surface area contributed by atoms with Crippen LogP contribution in [0.4, 0.5) is 17.8 Å². The van der Waals surface area contributed by atoms with Gasteiger partial charge < -0.3 is 15.5 Å². The third kappa shape index (κ3) is 3.74. The quantitative estimate of drug-likeness (QED) is 0.839. The molecule has 0 atom stereocenters. The van der Waals surface area contributed by atoms with Crippen molar-refractivity contribution >= 4 is 17.8 Å². The number of nitrogens with zero attached hydrogens (tertiary/aromatic N) is 4. The summed E-state index contributed by atoms with van der Waals surface area (Å²) >= 11 is 0. The van der Waals surface area contributed by atoms with Crippen molar-refractivity contribution < 1.29 is 0 Å². The second-order valence-electron chi connectivity index (χ2n) is 6.04. The Hall–Kier alpha value is -1.59. The molecule has 2 aliphatic rings. The lowest BCUT2D eigenvalue weighted by Crippen LogP contribution is -2.23. The maximum Gasteiger partial charge on any atom is 0.231 e. The number of hydrogen-bond acceptors (Lipinski definition) is 6. The van der Waals surface area contributed by atoms with Gasteiger partial charge in [0.05, 0.1) is 0 Å². The number of anilines is 3.